The summed E-state index contributed by atoms with van der Waals surface area (Å²) < 4.78 is 22.1. The van der Waals surface area contributed by atoms with Crippen molar-refractivity contribution < 1.29 is 28.5 Å². The molecule has 0 heterocycles. The molecular weight excluding hydrogens is 412 g/mol. The number of methoxy groups -OCH3 is 2. The van der Waals surface area contributed by atoms with Crippen LogP contribution in [0.25, 0.3) is 0 Å². The Bertz CT molecular complexity index is 742. The Labute approximate surface area is 188 Å². The van der Waals surface area contributed by atoms with Gasteiger partial charge in [0, 0.05) is 18.8 Å². The molecule has 1 aromatic rings. The van der Waals surface area contributed by atoms with E-state index in [0.29, 0.717) is 19.4 Å². The van der Waals surface area contributed by atoms with Crippen LogP contribution in [0.2, 0.25) is 18.1 Å². The maximum absolute atomic E-state index is 11.3. The van der Waals surface area contributed by atoms with E-state index >= 15 is 0 Å². The summed E-state index contributed by atoms with van der Waals surface area (Å²) >= 11 is 0. The predicted octanol–water partition coefficient (Wildman–Crippen LogP) is 4.31. The summed E-state index contributed by atoms with van der Waals surface area (Å²) in [5.74, 6) is 5.40. The van der Waals surface area contributed by atoms with Crippen molar-refractivity contribution in [2.75, 3.05) is 14.2 Å². The Hall–Kier alpha value is -1.85. The lowest BCUT2D eigenvalue weighted by Crippen LogP contribution is -2.46. The number of rotatable bonds is 10. The van der Waals surface area contributed by atoms with Gasteiger partial charge in [-0.2, -0.15) is 0 Å². The van der Waals surface area contributed by atoms with E-state index in [1.807, 2.05) is 31.2 Å². The number of hydrogen-bond donors (Lipinski definition) is 1. The van der Waals surface area contributed by atoms with Gasteiger partial charge in [0.2, 0.25) is 0 Å². The van der Waals surface area contributed by atoms with Crippen molar-refractivity contribution in [3.8, 4) is 17.6 Å². The van der Waals surface area contributed by atoms with Crippen molar-refractivity contribution in [3.63, 3.8) is 0 Å². The number of benzene rings is 1. The van der Waals surface area contributed by atoms with Crippen LogP contribution in [-0.4, -0.2) is 51.9 Å². The van der Waals surface area contributed by atoms with Crippen LogP contribution in [0.4, 0.5) is 0 Å². The van der Waals surface area contributed by atoms with E-state index in [1.165, 1.54) is 7.11 Å². The van der Waals surface area contributed by atoms with Crippen LogP contribution in [0.3, 0.4) is 0 Å². The van der Waals surface area contributed by atoms with Gasteiger partial charge in [-0.15, -0.1) is 0 Å². The van der Waals surface area contributed by atoms with Crippen LogP contribution >= 0.6 is 0 Å². The second-order valence-electron chi connectivity index (χ2n) is 9.16. The lowest BCUT2D eigenvalue weighted by Gasteiger charge is -2.39. The van der Waals surface area contributed by atoms with E-state index in [-0.39, 0.29) is 17.2 Å². The molecule has 0 aliphatic carbocycles. The van der Waals surface area contributed by atoms with Crippen molar-refractivity contribution in [2.24, 2.45) is 0 Å². The van der Waals surface area contributed by atoms with E-state index in [4.69, 9.17) is 13.9 Å². The summed E-state index contributed by atoms with van der Waals surface area (Å²) in [6.07, 6.45) is -0.757. The molecule has 3 atom stereocenters. The van der Waals surface area contributed by atoms with Crippen molar-refractivity contribution in [2.45, 2.75) is 83.6 Å². The van der Waals surface area contributed by atoms with E-state index in [1.54, 1.807) is 7.11 Å². The molecular formula is C24H38O6Si. The number of carbonyl (C=O) groups excluding carboxylic acids is 1. The number of carbonyl (C=O) groups is 1. The molecule has 0 aromatic heterocycles. The van der Waals surface area contributed by atoms with Gasteiger partial charge in [-0.1, -0.05) is 38.8 Å². The molecule has 0 radical (unpaired) electrons. The molecule has 6 nitrogen and oxygen atoms in total. The number of hydrogen-bond acceptors (Lipinski definition) is 6. The number of aliphatic hydroxyl groups is 1. The van der Waals surface area contributed by atoms with E-state index in [0.717, 1.165) is 11.3 Å². The molecule has 7 heteroatoms. The Balaban J connectivity index is 2.81. The third kappa shape index (κ3) is 9.44. The first kappa shape index (κ1) is 27.2. The van der Waals surface area contributed by atoms with Crippen LogP contribution in [-0.2, 0) is 25.3 Å². The molecule has 1 N–H and O–H groups in total. The molecule has 0 spiro atoms. The molecule has 0 bridgehead atoms. The summed E-state index contributed by atoms with van der Waals surface area (Å²) in [5, 5.41) is 10.9. The van der Waals surface area contributed by atoms with E-state index in [2.05, 4.69) is 50.4 Å². The van der Waals surface area contributed by atoms with Gasteiger partial charge < -0.3 is 23.7 Å². The molecule has 0 fully saturated rings. The van der Waals surface area contributed by atoms with Crippen LogP contribution in [0.5, 0.6) is 5.75 Å². The lowest BCUT2D eigenvalue weighted by molar-refractivity contribution is -0.133. The molecule has 0 aliphatic rings. The maximum Gasteiger partial charge on any atom is 0.384 e. The SMILES string of the molecule is COC(=O)C#CC[C@@H](C[C@@H](O)[C@@H](C)O[Si](C)(C)C(C)(C)C)OCc1ccc(OC)cc1. The van der Waals surface area contributed by atoms with Crippen LogP contribution < -0.4 is 4.74 Å². The number of aliphatic hydroxyl groups excluding tert-OH is 1. The number of esters is 1. The summed E-state index contributed by atoms with van der Waals surface area (Å²) in [6.45, 7) is 13.1. The van der Waals surface area contributed by atoms with Crippen molar-refractivity contribution >= 4 is 14.3 Å². The second-order valence-corrected chi connectivity index (χ2v) is 13.9. The highest BCUT2D eigenvalue weighted by Gasteiger charge is 2.39. The molecule has 0 saturated heterocycles. The predicted molar refractivity (Wildman–Crippen MR) is 124 cm³/mol. The van der Waals surface area contributed by atoms with Crippen molar-refractivity contribution in [1.82, 2.24) is 0 Å². The number of ether oxygens (including phenoxy) is 3. The standard InChI is InChI=1S/C24H38O6Si/c1-18(30-31(7,8)24(2,3)4)22(25)16-21(10-9-11-23(26)28-6)29-17-19-12-14-20(27-5)15-13-19/h12-15,18,21-22,25H,10,16-17H2,1-8H3/t18-,21+,22-/m1/s1. The third-order valence-electron chi connectivity index (χ3n) is 5.68. The van der Waals surface area contributed by atoms with Gasteiger partial charge in [0.25, 0.3) is 0 Å². The minimum atomic E-state index is -2.01. The van der Waals surface area contributed by atoms with Crippen LogP contribution in [0, 0.1) is 11.8 Å². The summed E-state index contributed by atoms with van der Waals surface area (Å²) in [7, 11) is 0.902. The Morgan fingerprint density at radius 1 is 1.16 bits per heavy atom. The monoisotopic (exact) mass is 450 g/mol. The topological polar surface area (TPSA) is 74.2 Å². The fourth-order valence-corrected chi connectivity index (χ4v) is 4.06. The largest absolute Gasteiger partial charge is 0.497 e. The Morgan fingerprint density at radius 3 is 2.29 bits per heavy atom. The summed E-state index contributed by atoms with van der Waals surface area (Å²) in [4.78, 5) is 11.3. The normalized spacial score (nSPS) is 14.7. The minimum absolute atomic E-state index is 0.0528. The van der Waals surface area contributed by atoms with E-state index in [9.17, 15) is 9.90 Å². The minimum Gasteiger partial charge on any atom is -0.497 e. The first-order chi connectivity index (χ1) is 14.4. The molecule has 1 aromatic carbocycles. The average Bonchev–Trinajstić information content (AvgIpc) is 2.70. The highest BCUT2D eigenvalue weighted by molar-refractivity contribution is 6.74. The Kier molecular flexibility index (Phi) is 10.7. The molecule has 1 rings (SSSR count). The van der Waals surface area contributed by atoms with Crippen molar-refractivity contribution in [3.05, 3.63) is 29.8 Å². The molecule has 0 amide bonds. The molecule has 0 saturated carbocycles. The van der Waals surface area contributed by atoms with Gasteiger partial charge in [0.05, 0.1) is 39.1 Å². The maximum atomic E-state index is 11.3. The molecule has 31 heavy (non-hydrogen) atoms. The highest BCUT2D eigenvalue weighted by Crippen LogP contribution is 2.37. The van der Waals surface area contributed by atoms with Crippen LogP contribution in [0.15, 0.2) is 24.3 Å². The van der Waals surface area contributed by atoms with Gasteiger partial charge in [0.1, 0.15) is 5.75 Å². The zero-order chi connectivity index (χ0) is 23.7. The second kappa shape index (κ2) is 12.3. The molecule has 174 valence electrons. The van der Waals surface area contributed by atoms with Gasteiger partial charge >= 0.3 is 5.97 Å². The van der Waals surface area contributed by atoms with Gasteiger partial charge in [-0.05, 0) is 42.8 Å². The van der Waals surface area contributed by atoms with Crippen LogP contribution in [0.1, 0.15) is 46.1 Å². The van der Waals surface area contributed by atoms with Crippen molar-refractivity contribution in [1.29, 1.82) is 0 Å². The first-order valence-electron chi connectivity index (χ1n) is 10.6. The summed E-state index contributed by atoms with van der Waals surface area (Å²) in [5.41, 5.74) is 0.979. The smallest absolute Gasteiger partial charge is 0.384 e. The zero-order valence-corrected chi connectivity index (χ0v) is 21.2. The lowest BCUT2D eigenvalue weighted by atomic mass is 10.1. The highest BCUT2D eigenvalue weighted by atomic mass is 28.4. The van der Waals surface area contributed by atoms with Gasteiger partial charge in [-0.25, -0.2) is 4.79 Å². The first-order valence-corrected chi connectivity index (χ1v) is 13.5. The van der Waals surface area contributed by atoms with E-state index < -0.39 is 20.4 Å². The van der Waals surface area contributed by atoms with Gasteiger partial charge in [0.15, 0.2) is 8.32 Å². The zero-order valence-electron chi connectivity index (χ0n) is 20.2. The quantitative estimate of drug-likeness (QED) is 0.248. The van der Waals surface area contributed by atoms with Gasteiger partial charge in [-0.3, -0.25) is 0 Å². The average molecular weight is 451 g/mol. The Morgan fingerprint density at radius 2 is 1.77 bits per heavy atom. The molecule has 0 unspecified atom stereocenters. The fraction of sp³-hybridized carbons (Fsp3) is 0.625. The molecule has 0 aliphatic heterocycles. The fourth-order valence-electron chi connectivity index (χ4n) is 2.62. The summed E-state index contributed by atoms with van der Waals surface area (Å²) in [6, 6.07) is 7.59. The third-order valence-corrected chi connectivity index (χ3v) is 10.3.